The van der Waals surface area contributed by atoms with Crippen LogP contribution in [0.4, 0.5) is 4.39 Å². The number of fused-ring (bicyclic) bond motifs is 1. The Bertz CT molecular complexity index is 474. The smallest absolute Gasteiger partial charge is 0.165 e. The quantitative estimate of drug-likeness (QED) is 0.628. The Morgan fingerprint density at radius 3 is 3.18 bits per heavy atom. The lowest BCUT2D eigenvalue weighted by Crippen LogP contribution is -2.10. The minimum Gasteiger partial charge on any atom is -0.490 e. The molecule has 3 nitrogen and oxygen atoms in total. The lowest BCUT2D eigenvalue weighted by molar-refractivity contribution is 0.299. The van der Waals surface area contributed by atoms with Crippen LogP contribution in [0.3, 0.4) is 0 Å². The van der Waals surface area contributed by atoms with Gasteiger partial charge >= 0.3 is 0 Å². The van der Waals surface area contributed by atoms with E-state index in [2.05, 4.69) is 0 Å². The first-order valence-electron chi connectivity index (χ1n) is 5.26. The van der Waals surface area contributed by atoms with E-state index in [1.54, 1.807) is 6.07 Å². The molecule has 0 bridgehead atoms. The van der Waals surface area contributed by atoms with Crippen LogP contribution >= 0.6 is 11.8 Å². The summed E-state index contributed by atoms with van der Waals surface area (Å²) in [7, 11) is 0. The monoisotopic (exact) mass is 252 g/mol. The number of para-hydroxylation sites is 1. The molecular weight excluding hydrogens is 239 g/mol. The van der Waals surface area contributed by atoms with Crippen molar-refractivity contribution in [3.05, 3.63) is 35.7 Å². The summed E-state index contributed by atoms with van der Waals surface area (Å²) in [6.07, 6.45) is 2.74. The largest absolute Gasteiger partial charge is 0.490 e. The van der Waals surface area contributed by atoms with Gasteiger partial charge in [-0.05, 0) is 11.6 Å². The normalized spacial score (nSPS) is 16.4. The molecule has 0 spiro atoms. The number of nitrogens with two attached hydrogens (primary N) is 1. The van der Waals surface area contributed by atoms with Gasteiger partial charge in [0, 0.05) is 17.7 Å². The van der Waals surface area contributed by atoms with Crippen LogP contribution in [0.15, 0.2) is 24.3 Å². The standard InChI is InChI=1S/C12H13FN2OS/c13-10-3-1-2-9-8(4-6-16-11(9)10)5-7-17-12(14)15/h1-3,5H,4,6-7H2,(H3,14,15)/b8-5+. The van der Waals surface area contributed by atoms with E-state index in [9.17, 15) is 4.39 Å². The number of rotatable bonds is 2. The highest BCUT2D eigenvalue weighted by Gasteiger charge is 2.18. The number of hydrogen-bond acceptors (Lipinski definition) is 3. The van der Waals surface area contributed by atoms with Gasteiger partial charge in [-0.15, -0.1) is 0 Å². The third-order valence-corrected chi connectivity index (χ3v) is 3.14. The van der Waals surface area contributed by atoms with Crippen LogP contribution < -0.4 is 10.5 Å². The molecule has 1 aromatic carbocycles. The molecule has 0 saturated carbocycles. The summed E-state index contributed by atoms with van der Waals surface area (Å²) in [4.78, 5) is 0. The molecule has 0 amide bonds. The van der Waals surface area contributed by atoms with E-state index in [0.717, 1.165) is 17.6 Å². The van der Waals surface area contributed by atoms with Crippen molar-refractivity contribution >= 4 is 22.5 Å². The first-order valence-corrected chi connectivity index (χ1v) is 6.24. The Morgan fingerprint density at radius 1 is 1.59 bits per heavy atom. The predicted octanol–water partition coefficient (Wildman–Crippen LogP) is 2.62. The minimum absolute atomic E-state index is 0.0911. The van der Waals surface area contributed by atoms with E-state index in [-0.39, 0.29) is 11.0 Å². The molecule has 1 aliphatic heterocycles. The van der Waals surface area contributed by atoms with Crippen LogP contribution in [-0.2, 0) is 0 Å². The predicted molar refractivity (Wildman–Crippen MR) is 68.9 cm³/mol. The summed E-state index contributed by atoms with van der Waals surface area (Å²) >= 11 is 1.25. The third-order valence-electron chi connectivity index (χ3n) is 2.50. The molecule has 1 heterocycles. The van der Waals surface area contributed by atoms with Gasteiger partial charge in [0.2, 0.25) is 0 Å². The molecule has 0 atom stereocenters. The molecular formula is C12H13FN2OS. The van der Waals surface area contributed by atoms with Gasteiger partial charge in [-0.1, -0.05) is 30.0 Å². The zero-order chi connectivity index (χ0) is 12.3. The molecule has 0 aliphatic carbocycles. The number of amidine groups is 1. The summed E-state index contributed by atoms with van der Waals surface area (Å²) in [5.74, 6) is 0.630. The summed E-state index contributed by atoms with van der Waals surface area (Å²) in [5.41, 5.74) is 7.12. The van der Waals surface area contributed by atoms with Crippen molar-refractivity contribution in [2.75, 3.05) is 12.4 Å². The first kappa shape index (κ1) is 12.0. The Labute approximate surface area is 103 Å². The molecule has 0 radical (unpaired) electrons. The van der Waals surface area contributed by atoms with Crippen molar-refractivity contribution in [2.24, 2.45) is 5.73 Å². The topological polar surface area (TPSA) is 59.1 Å². The highest BCUT2D eigenvalue weighted by atomic mass is 32.2. The number of benzene rings is 1. The second-order valence-corrected chi connectivity index (χ2v) is 4.68. The lowest BCUT2D eigenvalue weighted by Gasteiger charge is -2.20. The Kier molecular flexibility index (Phi) is 3.68. The van der Waals surface area contributed by atoms with Gasteiger partial charge in [-0.25, -0.2) is 4.39 Å². The Hall–Kier alpha value is -1.49. The average Bonchev–Trinajstić information content (AvgIpc) is 2.30. The van der Waals surface area contributed by atoms with Crippen molar-refractivity contribution in [3.8, 4) is 5.75 Å². The summed E-state index contributed by atoms with van der Waals surface area (Å²) in [5, 5.41) is 7.21. The van der Waals surface area contributed by atoms with Gasteiger partial charge in [-0.2, -0.15) is 0 Å². The molecule has 90 valence electrons. The number of nitrogens with one attached hydrogen (secondary N) is 1. The van der Waals surface area contributed by atoms with Crippen molar-refractivity contribution in [3.63, 3.8) is 0 Å². The third kappa shape index (κ3) is 2.79. The van der Waals surface area contributed by atoms with Crippen molar-refractivity contribution in [2.45, 2.75) is 6.42 Å². The fourth-order valence-electron chi connectivity index (χ4n) is 1.75. The molecule has 0 aromatic heterocycles. The zero-order valence-electron chi connectivity index (χ0n) is 9.20. The number of halogens is 1. The van der Waals surface area contributed by atoms with Crippen LogP contribution in [0.25, 0.3) is 5.57 Å². The van der Waals surface area contributed by atoms with Crippen LogP contribution in [0.5, 0.6) is 5.75 Å². The maximum absolute atomic E-state index is 13.5. The molecule has 1 aliphatic rings. The number of hydrogen-bond donors (Lipinski definition) is 2. The van der Waals surface area contributed by atoms with Crippen LogP contribution in [0.1, 0.15) is 12.0 Å². The molecule has 17 heavy (non-hydrogen) atoms. The average molecular weight is 252 g/mol. The van der Waals surface area contributed by atoms with Crippen molar-refractivity contribution < 1.29 is 9.13 Å². The SMILES string of the molecule is N=C(N)SC/C=C1\CCOc2c(F)cccc21. The Morgan fingerprint density at radius 2 is 2.41 bits per heavy atom. The second kappa shape index (κ2) is 5.23. The van der Waals surface area contributed by atoms with Crippen LogP contribution in [0, 0.1) is 11.2 Å². The molecule has 1 aromatic rings. The van der Waals surface area contributed by atoms with Gasteiger partial charge in [0.15, 0.2) is 16.7 Å². The maximum Gasteiger partial charge on any atom is 0.165 e. The first-order chi connectivity index (χ1) is 8.18. The van der Waals surface area contributed by atoms with Gasteiger partial charge in [-0.3, -0.25) is 5.41 Å². The molecule has 0 unspecified atom stereocenters. The molecule has 3 N–H and O–H groups in total. The van der Waals surface area contributed by atoms with Crippen molar-refractivity contribution in [1.29, 1.82) is 5.41 Å². The van der Waals surface area contributed by atoms with E-state index in [1.165, 1.54) is 17.8 Å². The second-order valence-electron chi connectivity index (χ2n) is 3.62. The molecule has 5 heteroatoms. The summed E-state index contributed by atoms with van der Waals surface area (Å²) < 4.78 is 18.8. The number of ether oxygens (including phenoxy) is 1. The molecule has 0 saturated heterocycles. The van der Waals surface area contributed by atoms with Gasteiger partial charge < -0.3 is 10.5 Å². The van der Waals surface area contributed by atoms with Gasteiger partial charge in [0.25, 0.3) is 0 Å². The van der Waals surface area contributed by atoms with Crippen LogP contribution in [-0.4, -0.2) is 17.5 Å². The fourth-order valence-corrected chi connectivity index (χ4v) is 2.21. The minimum atomic E-state index is -0.327. The van der Waals surface area contributed by atoms with E-state index in [1.807, 2.05) is 12.1 Å². The van der Waals surface area contributed by atoms with Crippen LogP contribution in [0.2, 0.25) is 0 Å². The highest BCUT2D eigenvalue weighted by molar-refractivity contribution is 8.13. The zero-order valence-corrected chi connectivity index (χ0v) is 10.0. The van der Waals surface area contributed by atoms with E-state index >= 15 is 0 Å². The molecule has 2 rings (SSSR count). The number of thioether (sulfide) groups is 1. The van der Waals surface area contributed by atoms with E-state index < -0.39 is 0 Å². The van der Waals surface area contributed by atoms with Gasteiger partial charge in [0.05, 0.1) is 6.61 Å². The van der Waals surface area contributed by atoms with Gasteiger partial charge in [0.1, 0.15) is 0 Å². The Balaban J connectivity index is 2.22. The van der Waals surface area contributed by atoms with E-state index in [0.29, 0.717) is 18.1 Å². The maximum atomic E-state index is 13.5. The summed E-state index contributed by atoms with van der Waals surface area (Å²) in [6.45, 7) is 0.491. The highest BCUT2D eigenvalue weighted by Crippen LogP contribution is 2.34. The lowest BCUT2D eigenvalue weighted by atomic mass is 9.99. The summed E-state index contributed by atoms with van der Waals surface area (Å²) in [6, 6.07) is 4.92. The fraction of sp³-hybridized carbons (Fsp3) is 0.250. The van der Waals surface area contributed by atoms with Crippen molar-refractivity contribution in [1.82, 2.24) is 0 Å². The van der Waals surface area contributed by atoms with E-state index in [4.69, 9.17) is 15.9 Å². The molecule has 0 fully saturated rings.